The molecule has 0 bridgehead atoms. The molecule has 0 spiro atoms. The van der Waals surface area contributed by atoms with Gasteiger partial charge in [-0.1, -0.05) is 47.7 Å². The van der Waals surface area contributed by atoms with Crippen LogP contribution in [0.4, 0.5) is 5.69 Å². The molecule has 1 aromatic heterocycles. The van der Waals surface area contributed by atoms with Crippen molar-refractivity contribution in [1.82, 2.24) is 4.68 Å². The lowest BCUT2D eigenvalue weighted by molar-refractivity contribution is 0.101. The van der Waals surface area contributed by atoms with Gasteiger partial charge in [-0.3, -0.25) is 15.2 Å². The third kappa shape index (κ3) is 2.98. The first-order valence-corrected chi connectivity index (χ1v) is 9.02. The summed E-state index contributed by atoms with van der Waals surface area (Å²) in [7, 11) is 0. The number of thiazole rings is 1. The Kier molecular flexibility index (Phi) is 4.24. The van der Waals surface area contributed by atoms with Crippen LogP contribution in [0.3, 0.4) is 0 Å². The summed E-state index contributed by atoms with van der Waals surface area (Å²) in [4.78, 5) is 17.2. The third-order valence-corrected chi connectivity index (χ3v) is 5.22. The molecule has 7 heteroatoms. The molecule has 4 rings (SSSR count). The van der Waals surface area contributed by atoms with Gasteiger partial charge in [-0.2, -0.15) is 4.68 Å². The fourth-order valence-electron chi connectivity index (χ4n) is 2.63. The van der Waals surface area contributed by atoms with Crippen molar-refractivity contribution in [2.24, 2.45) is 4.99 Å². The molecule has 0 saturated heterocycles. The van der Waals surface area contributed by atoms with E-state index in [0.717, 1.165) is 16.8 Å². The fourth-order valence-corrected chi connectivity index (χ4v) is 3.81. The largest absolute Gasteiger partial charge is 0.492 e. The van der Waals surface area contributed by atoms with E-state index < -0.39 is 0 Å². The van der Waals surface area contributed by atoms with Gasteiger partial charge >= 0.3 is 0 Å². The van der Waals surface area contributed by atoms with Crippen LogP contribution in [0.2, 0.25) is 0 Å². The van der Waals surface area contributed by atoms with E-state index in [1.54, 1.807) is 30.5 Å². The second kappa shape index (κ2) is 6.70. The summed E-state index contributed by atoms with van der Waals surface area (Å²) in [5.41, 5.74) is 5.88. The number of fused-ring (bicyclic) bond motifs is 1. The molecule has 5 nitrogen and oxygen atoms in total. The van der Waals surface area contributed by atoms with Gasteiger partial charge in [0.1, 0.15) is 0 Å². The summed E-state index contributed by atoms with van der Waals surface area (Å²) >= 11 is 6.51. The van der Waals surface area contributed by atoms with Crippen LogP contribution in [0.15, 0.2) is 59.6 Å². The molecule has 1 amide bonds. The van der Waals surface area contributed by atoms with Gasteiger partial charge in [-0.25, -0.2) is 0 Å². The summed E-state index contributed by atoms with van der Waals surface area (Å²) in [6.45, 7) is 0. The molecule has 0 unspecified atom stereocenters. The monoisotopic (exact) mass is 379 g/mol. The van der Waals surface area contributed by atoms with Crippen LogP contribution in [-0.2, 0) is 0 Å². The molecule has 2 N–H and O–H groups in total. The van der Waals surface area contributed by atoms with Crippen LogP contribution < -0.4 is 5.43 Å². The number of nitrogens with one attached hydrogen (secondary N) is 1. The quantitative estimate of drug-likeness (QED) is 0.652. The van der Waals surface area contributed by atoms with E-state index in [-0.39, 0.29) is 11.8 Å². The van der Waals surface area contributed by atoms with Crippen molar-refractivity contribution in [3.05, 3.63) is 74.6 Å². The Morgan fingerprint density at radius 3 is 2.69 bits per heavy atom. The number of hydrogen-bond acceptors (Lipinski definition) is 5. The number of aliphatic imine (C=N–C) groups is 1. The zero-order valence-corrected chi connectivity index (χ0v) is 15.1. The van der Waals surface area contributed by atoms with Crippen LogP contribution >= 0.6 is 23.6 Å². The van der Waals surface area contributed by atoms with Gasteiger partial charge in [-0.15, -0.1) is 0 Å². The number of aromatic nitrogens is 1. The number of hydrogen-bond donors (Lipinski definition) is 2. The van der Waals surface area contributed by atoms with Crippen LogP contribution in [0.1, 0.15) is 20.8 Å². The summed E-state index contributed by atoms with van der Waals surface area (Å²) in [5, 5.41) is 10.5. The number of allylic oxidation sites excluding steroid dienone is 1. The van der Waals surface area contributed by atoms with Gasteiger partial charge in [-0.05, 0) is 36.5 Å². The van der Waals surface area contributed by atoms with Crippen molar-refractivity contribution in [1.29, 1.82) is 0 Å². The molecule has 0 aliphatic carbocycles. The molecule has 1 aliphatic heterocycles. The van der Waals surface area contributed by atoms with Crippen molar-refractivity contribution in [2.45, 2.75) is 0 Å². The Balaban J connectivity index is 1.66. The van der Waals surface area contributed by atoms with Crippen molar-refractivity contribution in [2.75, 3.05) is 5.43 Å². The van der Waals surface area contributed by atoms with E-state index in [4.69, 9.17) is 12.2 Å². The first-order chi connectivity index (χ1) is 12.6. The minimum absolute atomic E-state index is 0.102. The predicted molar refractivity (Wildman–Crippen MR) is 107 cm³/mol. The lowest BCUT2D eigenvalue weighted by atomic mass is 10.1. The minimum atomic E-state index is -0.346. The van der Waals surface area contributed by atoms with Gasteiger partial charge in [0.05, 0.1) is 10.6 Å². The molecule has 26 heavy (non-hydrogen) atoms. The summed E-state index contributed by atoms with van der Waals surface area (Å²) in [6.07, 6.45) is 3.57. The van der Waals surface area contributed by atoms with E-state index in [1.165, 1.54) is 16.0 Å². The average molecular weight is 379 g/mol. The van der Waals surface area contributed by atoms with Gasteiger partial charge in [0.15, 0.2) is 3.95 Å². The molecule has 0 radical (unpaired) electrons. The van der Waals surface area contributed by atoms with Crippen molar-refractivity contribution in [3.63, 3.8) is 0 Å². The van der Waals surface area contributed by atoms with Gasteiger partial charge in [0.25, 0.3) is 5.91 Å². The zero-order chi connectivity index (χ0) is 18.1. The number of carbonyl (C=O) groups excluding carboxylic acids is 1. The van der Waals surface area contributed by atoms with Crippen LogP contribution in [0.25, 0.3) is 11.6 Å². The molecule has 3 aromatic rings. The van der Waals surface area contributed by atoms with E-state index >= 15 is 0 Å². The highest BCUT2D eigenvalue weighted by molar-refractivity contribution is 7.73. The summed E-state index contributed by atoms with van der Waals surface area (Å²) in [6, 6.07) is 16.5. The smallest absolute Gasteiger partial charge is 0.270 e. The Bertz CT molecular complexity index is 1110. The number of amides is 1. The second-order valence-corrected chi connectivity index (χ2v) is 7.25. The van der Waals surface area contributed by atoms with E-state index in [1.807, 2.05) is 36.4 Å². The average Bonchev–Trinajstić information content (AvgIpc) is 3.19. The Hall–Kier alpha value is -3.03. The third-order valence-electron chi connectivity index (χ3n) is 3.91. The maximum absolute atomic E-state index is 12.3. The molecule has 0 fully saturated rings. The maximum atomic E-state index is 12.3. The first-order valence-electron chi connectivity index (χ1n) is 7.80. The first kappa shape index (κ1) is 16.4. The molecular formula is C19H13N3O2S2. The van der Waals surface area contributed by atoms with Gasteiger partial charge in [0.2, 0.25) is 5.88 Å². The molecule has 2 aromatic carbocycles. The van der Waals surface area contributed by atoms with Crippen LogP contribution in [0, 0.1) is 3.95 Å². The standard InChI is InChI=1S/C19H13N3O2S2/c23-17(12-6-2-1-3-7-12)21-22-18(24)16(26-19(22)25)10-13-11-20-15-9-5-4-8-14(13)15/h1-11,24H,(H,21,23). The molecular weight excluding hydrogens is 366 g/mol. The number of aromatic hydroxyl groups is 1. The summed E-state index contributed by atoms with van der Waals surface area (Å²) < 4.78 is 1.57. The van der Waals surface area contributed by atoms with Crippen molar-refractivity contribution < 1.29 is 9.90 Å². The number of benzene rings is 2. The van der Waals surface area contributed by atoms with E-state index in [0.29, 0.717) is 14.4 Å². The Labute approximate surface area is 158 Å². The molecule has 128 valence electrons. The predicted octanol–water partition coefficient (Wildman–Crippen LogP) is 4.63. The highest BCUT2D eigenvalue weighted by atomic mass is 32.1. The van der Waals surface area contributed by atoms with Crippen LogP contribution in [0.5, 0.6) is 5.88 Å². The highest BCUT2D eigenvalue weighted by Crippen LogP contribution is 2.35. The molecule has 1 aliphatic rings. The van der Waals surface area contributed by atoms with E-state index in [2.05, 4.69) is 10.4 Å². The van der Waals surface area contributed by atoms with Crippen LogP contribution in [-0.4, -0.2) is 21.9 Å². The highest BCUT2D eigenvalue weighted by Gasteiger charge is 2.16. The number of para-hydroxylation sites is 1. The van der Waals surface area contributed by atoms with Crippen molar-refractivity contribution in [3.8, 4) is 5.88 Å². The molecule has 2 heterocycles. The second-order valence-electron chi connectivity index (χ2n) is 5.57. The maximum Gasteiger partial charge on any atom is 0.270 e. The summed E-state index contributed by atoms with van der Waals surface area (Å²) in [5.74, 6) is -0.448. The Morgan fingerprint density at radius 2 is 1.88 bits per heavy atom. The molecule has 0 saturated carbocycles. The lowest BCUT2D eigenvalue weighted by Gasteiger charge is -2.07. The lowest BCUT2D eigenvalue weighted by Crippen LogP contribution is -2.22. The van der Waals surface area contributed by atoms with E-state index in [9.17, 15) is 9.90 Å². The SMILES string of the molecule is O=C(Nn1c(O)c(C=C2C=Nc3ccccc32)sc1=S)c1ccccc1. The normalized spacial score (nSPS) is 13.8. The fraction of sp³-hybridized carbons (Fsp3) is 0. The number of nitrogens with zero attached hydrogens (tertiary/aromatic N) is 2. The van der Waals surface area contributed by atoms with Gasteiger partial charge in [0, 0.05) is 22.9 Å². The van der Waals surface area contributed by atoms with Crippen molar-refractivity contribution >= 4 is 53.0 Å². The minimum Gasteiger partial charge on any atom is -0.492 e. The topological polar surface area (TPSA) is 66.6 Å². The number of carbonyl (C=O) groups is 1. The number of rotatable bonds is 3. The zero-order valence-electron chi connectivity index (χ0n) is 13.4. The van der Waals surface area contributed by atoms with Gasteiger partial charge < -0.3 is 5.11 Å². The Morgan fingerprint density at radius 1 is 1.15 bits per heavy atom. The molecule has 0 atom stereocenters.